The van der Waals surface area contributed by atoms with Gasteiger partial charge in [0, 0.05) is 12.6 Å². The smallest absolute Gasteiger partial charge is 0.286 e. The number of nitrogens with one attached hydrogen (secondary N) is 1. The van der Waals surface area contributed by atoms with E-state index in [1.165, 1.54) is 31.3 Å². The van der Waals surface area contributed by atoms with E-state index in [-0.39, 0.29) is 11.3 Å². The average Bonchev–Trinajstić information content (AvgIpc) is 2.59. The summed E-state index contributed by atoms with van der Waals surface area (Å²) in [6.07, 6.45) is -4.66. The van der Waals surface area contributed by atoms with Crippen molar-refractivity contribution >= 4 is 32.2 Å². The number of rotatable bonds is 2. The number of Topliss-reactive ketones (excluding diaryl/α,β-unsaturated/α-hetero) is 1. The van der Waals surface area contributed by atoms with Crippen molar-refractivity contribution in [3.63, 3.8) is 0 Å². The Morgan fingerprint density at radius 1 is 1.04 bits per heavy atom. The van der Waals surface area contributed by atoms with Gasteiger partial charge >= 0.3 is 6.18 Å². The summed E-state index contributed by atoms with van der Waals surface area (Å²) >= 11 is 0. The van der Waals surface area contributed by atoms with Crippen LogP contribution in [0.25, 0.3) is 0 Å². The molecule has 0 saturated heterocycles. The zero-order valence-electron chi connectivity index (χ0n) is 13.3. The van der Waals surface area contributed by atoms with Gasteiger partial charge in [-0.3, -0.25) is 14.5 Å². The van der Waals surface area contributed by atoms with Gasteiger partial charge in [-0.1, -0.05) is 24.3 Å². The Kier molecular flexibility index (Phi) is 4.23. The van der Waals surface area contributed by atoms with Crippen LogP contribution in [0.2, 0.25) is 0 Å². The molecule has 2 aromatic carbocycles. The maximum absolute atomic E-state index is 13.0. The lowest BCUT2D eigenvalue weighted by Crippen LogP contribution is -2.43. The highest BCUT2D eigenvalue weighted by atomic mass is 32.2. The van der Waals surface area contributed by atoms with E-state index < -0.39 is 38.3 Å². The first kappa shape index (κ1) is 17.9. The number of hydrazone groups is 1. The molecule has 0 spiro atoms. The lowest BCUT2D eigenvalue weighted by atomic mass is 10.1. The largest absolute Gasteiger partial charge is 0.418 e. The quantitative estimate of drug-likeness (QED) is 0.809. The summed E-state index contributed by atoms with van der Waals surface area (Å²) in [7, 11) is -3.06. The van der Waals surface area contributed by atoms with Gasteiger partial charge in [-0.15, -0.1) is 0 Å². The van der Waals surface area contributed by atoms with Gasteiger partial charge in [0.1, 0.15) is 0 Å². The summed E-state index contributed by atoms with van der Waals surface area (Å²) in [5.74, 6) is -0.893. The minimum absolute atomic E-state index is 0.0921. The number of carbonyl (C=O) groups is 1. The van der Waals surface area contributed by atoms with Crippen LogP contribution in [0.5, 0.6) is 0 Å². The van der Waals surface area contributed by atoms with E-state index in [9.17, 15) is 26.4 Å². The van der Waals surface area contributed by atoms with E-state index in [1.807, 2.05) is 0 Å². The first-order valence-corrected chi connectivity index (χ1v) is 8.70. The number of carbonyl (C=O) groups excluding carboxylic acids is 1. The SMILES string of the molecule is CN1c2ccccc2C(=O)/C(=N\Nc2ccccc2C(F)(F)F)S1(=O)=O. The summed E-state index contributed by atoms with van der Waals surface area (Å²) < 4.78 is 64.9. The van der Waals surface area contributed by atoms with E-state index in [4.69, 9.17) is 0 Å². The van der Waals surface area contributed by atoms with Crippen LogP contribution >= 0.6 is 0 Å². The molecule has 0 atom stereocenters. The molecule has 1 N–H and O–H groups in total. The minimum Gasteiger partial charge on any atom is -0.286 e. The Hall–Kier alpha value is -2.88. The molecule has 0 fully saturated rings. The number of nitrogens with zero attached hydrogens (tertiary/aromatic N) is 2. The molecule has 0 aliphatic carbocycles. The molecule has 136 valence electrons. The highest BCUT2D eigenvalue weighted by Crippen LogP contribution is 2.35. The lowest BCUT2D eigenvalue weighted by Gasteiger charge is -2.26. The molecule has 0 aromatic heterocycles. The third-order valence-electron chi connectivity index (χ3n) is 3.80. The fourth-order valence-electron chi connectivity index (χ4n) is 2.48. The van der Waals surface area contributed by atoms with Crippen LogP contribution in [0, 0.1) is 0 Å². The summed E-state index contributed by atoms with van der Waals surface area (Å²) in [4.78, 5) is 12.5. The van der Waals surface area contributed by atoms with E-state index in [0.717, 1.165) is 16.4 Å². The van der Waals surface area contributed by atoms with Crippen LogP contribution in [0.3, 0.4) is 0 Å². The standard InChI is InChI=1S/C16H12F3N3O3S/c1-22-13-9-5-2-6-10(13)14(23)15(26(22,24)25)21-20-12-8-4-3-7-11(12)16(17,18)19/h2-9,20H,1H3/b21-15+. The lowest BCUT2D eigenvalue weighted by molar-refractivity contribution is -0.136. The predicted molar refractivity (Wildman–Crippen MR) is 90.6 cm³/mol. The molecule has 2 aromatic rings. The van der Waals surface area contributed by atoms with E-state index in [2.05, 4.69) is 10.5 Å². The summed E-state index contributed by atoms with van der Waals surface area (Å²) in [5, 5.41) is 2.62. The van der Waals surface area contributed by atoms with Crippen molar-refractivity contribution in [2.24, 2.45) is 5.10 Å². The van der Waals surface area contributed by atoms with E-state index in [1.54, 1.807) is 12.1 Å². The number of para-hydroxylation sites is 2. The zero-order valence-corrected chi connectivity index (χ0v) is 14.1. The molecular formula is C16H12F3N3O3S. The second-order valence-corrected chi connectivity index (χ2v) is 7.28. The fraction of sp³-hybridized carbons (Fsp3) is 0.125. The number of sulfonamides is 1. The number of hydrogen-bond acceptors (Lipinski definition) is 5. The summed E-state index contributed by atoms with van der Waals surface area (Å²) in [6, 6.07) is 10.4. The van der Waals surface area contributed by atoms with Crippen molar-refractivity contribution < 1.29 is 26.4 Å². The van der Waals surface area contributed by atoms with Gasteiger partial charge in [-0.2, -0.15) is 26.7 Å². The highest BCUT2D eigenvalue weighted by molar-refractivity contribution is 8.09. The third-order valence-corrected chi connectivity index (χ3v) is 5.48. The molecule has 0 bridgehead atoms. The molecule has 10 heteroatoms. The first-order valence-electron chi connectivity index (χ1n) is 7.26. The topological polar surface area (TPSA) is 78.8 Å². The van der Waals surface area contributed by atoms with Crippen molar-refractivity contribution in [2.75, 3.05) is 16.8 Å². The fourth-order valence-corrected chi connectivity index (χ4v) is 3.66. The maximum atomic E-state index is 13.0. The Balaban J connectivity index is 2.07. The number of alkyl halides is 3. The molecule has 0 amide bonds. The number of benzene rings is 2. The van der Waals surface area contributed by atoms with Crippen molar-refractivity contribution in [3.8, 4) is 0 Å². The van der Waals surface area contributed by atoms with Gasteiger partial charge in [-0.05, 0) is 24.3 Å². The molecule has 1 aliphatic rings. The van der Waals surface area contributed by atoms with Crippen molar-refractivity contribution in [1.82, 2.24) is 0 Å². The van der Waals surface area contributed by atoms with Gasteiger partial charge < -0.3 is 0 Å². The Labute approximate surface area is 147 Å². The van der Waals surface area contributed by atoms with Crippen LogP contribution in [-0.4, -0.2) is 26.3 Å². The van der Waals surface area contributed by atoms with E-state index >= 15 is 0 Å². The van der Waals surface area contributed by atoms with Crippen LogP contribution in [-0.2, 0) is 16.2 Å². The summed E-state index contributed by atoms with van der Waals surface area (Å²) in [6.45, 7) is 0. The number of halogens is 3. The van der Waals surface area contributed by atoms with Gasteiger partial charge in [-0.25, -0.2) is 0 Å². The highest BCUT2D eigenvalue weighted by Gasteiger charge is 2.40. The third kappa shape index (κ3) is 2.92. The zero-order chi connectivity index (χ0) is 19.1. The van der Waals surface area contributed by atoms with Crippen LogP contribution in [0.15, 0.2) is 53.6 Å². The van der Waals surface area contributed by atoms with Gasteiger partial charge in [0.25, 0.3) is 10.0 Å². The molecule has 6 nitrogen and oxygen atoms in total. The normalized spacial score (nSPS) is 17.9. The van der Waals surface area contributed by atoms with Crippen LogP contribution in [0.4, 0.5) is 24.5 Å². The predicted octanol–water partition coefficient (Wildman–Crippen LogP) is 3.09. The van der Waals surface area contributed by atoms with Gasteiger partial charge in [0.2, 0.25) is 10.8 Å². The number of anilines is 2. The van der Waals surface area contributed by atoms with Crippen LogP contribution < -0.4 is 9.73 Å². The van der Waals surface area contributed by atoms with Crippen molar-refractivity contribution in [2.45, 2.75) is 6.18 Å². The molecule has 3 rings (SSSR count). The molecule has 1 heterocycles. The maximum Gasteiger partial charge on any atom is 0.418 e. The number of ketones is 1. The number of hydrogen-bond donors (Lipinski definition) is 1. The van der Waals surface area contributed by atoms with Crippen molar-refractivity contribution in [3.05, 3.63) is 59.7 Å². The first-order chi connectivity index (χ1) is 12.1. The van der Waals surface area contributed by atoms with Crippen LogP contribution in [0.1, 0.15) is 15.9 Å². The Bertz CT molecular complexity index is 1020. The molecule has 0 saturated carbocycles. The van der Waals surface area contributed by atoms with Gasteiger partial charge in [0.05, 0.1) is 16.9 Å². The molecule has 26 heavy (non-hydrogen) atoms. The monoisotopic (exact) mass is 383 g/mol. The average molecular weight is 383 g/mol. The van der Waals surface area contributed by atoms with Crippen molar-refractivity contribution in [1.29, 1.82) is 0 Å². The second-order valence-electron chi connectivity index (χ2n) is 5.39. The Morgan fingerprint density at radius 3 is 2.35 bits per heavy atom. The van der Waals surface area contributed by atoms with E-state index in [0.29, 0.717) is 0 Å². The Morgan fingerprint density at radius 2 is 1.65 bits per heavy atom. The second kappa shape index (κ2) is 6.13. The molecular weight excluding hydrogens is 371 g/mol. The number of fused-ring (bicyclic) bond motifs is 1. The molecule has 0 unspecified atom stereocenters. The summed E-state index contributed by atoms with van der Waals surface area (Å²) in [5.41, 5.74) is 0.844. The molecule has 0 radical (unpaired) electrons. The molecule has 1 aliphatic heterocycles. The minimum atomic E-state index is -4.66. The van der Waals surface area contributed by atoms with Gasteiger partial charge in [0.15, 0.2) is 0 Å².